The molecule has 7 heteroatoms. The zero-order valence-corrected chi connectivity index (χ0v) is 14.6. The summed E-state index contributed by atoms with van der Waals surface area (Å²) in [5.41, 5.74) is 1.40. The van der Waals surface area contributed by atoms with Gasteiger partial charge in [-0.05, 0) is 25.0 Å². The smallest absolute Gasteiger partial charge is 0.272 e. The summed E-state index contributed by atoms with van der Waals surface area (Å²) in [6.45, 7) is 4.68. The van der Waals surface area contributed by atoms with E-state index in [2.05, 4.69) is 15.3 Å². The van der Waals surface area contributed by atoms with Crippen LogP contribution in [0.4, 0.5) is 0 Å². The number of para-hydroxylation sites is 2. The number of hydrogen-bond donors (Lipinski definition) is 2. The summed E-state index contributed by atoms with van der Waals surface area (Å²) in [5, 5.41) is 12.1. The van der Waals surface area contributed by atoms with Gasteiger partial charge in [0, 0.05) is 13.1 Å². The Balaban J connectivity index is 2.13. The molecule has 0 unspecified atom stereocenters. The maximum Gasteiger partial charge on any atom is 0.272 e. The van der Waals surface area contributed by atoms with E-state index in [1.807, 2.05) is 26.0 Å². The number of aliphatic hydroxyl groups excluding tert-OH is 1. The fourth-order valence-electron chi connectivity index (χ4n) is 2.58. The highest BCUT2D eigenvalue weighted by Crippen LogP contribution is 2.09. The predicted molar refractivity (Wildman–Crippen MR) is 95.0 cm³/mol. The molecule has 0 bridgehead atoms. The Kier molecular flexibility index (Phi) is 6.82. The molecule has 0 saturated heterocycles. The van der Waals surface area contributed by atoms with Crippen molar-refractivity contribution in [1.82, 2.24) is 20.2 Å². The fourth-order valence-corrected chi connectivity index (χ4v) is 2.58. The summed E-state index contributed by atoms with van der Waals surface area (Å²) in [5.74, 6) is -0.813. The molecule has 1 aromatic heterocycles. The third-order valence-electron chi connectivity index (χ3n) is 3.77. The van der Waals surface area contributed by atoms with E-state index < -0.39 is 18.6 Å². The van der Waals surface area contributed by atoms with E-state index >= 15 is 0 Å². The summed E-state index contributed by atoms with van der Waals surface area (Å²) >= 11 is 0. The minimum absolute atomic E-state index is 0.113. The van der Waals surface area contributed by atoms with E-state index in [4.69, 9.17) is 0 Å². The van der Waals surface area contributed by atoms with E-state index in [0.717, 1.165) is 12.8 Å². The molecule has 7 nitrogen and oxygen atoms in total. The van der Waals surface area contributed by atoms with Gasteiger partial charge in [0.05, 0.1) is 23.8 Å². The highest BCUT2D eigenvalue weighted by molar-refractivity contribution is 5.97. The molecule has 1 aromatic carbocycles. The summed E-state index contributed by atoms with van der Waals surface area (Å²) in [6.07, 6.45) is 2.99. The second kappa shape index (κ2) is 9.08. The van der Waals surface area contributed by atoms with Gasteiger partial charge in [0.2, 0.25) is 5.91 Å². The van der Waals surface area contributed by atoms with Crippen LogP contribution in [-0.4, -0.2) is 57.5 Å². The van der Waals surface area contributed by atoms with E-state index in [1.165, 1.54) is 6.20 Å². The molecule has 2 N–H and O–H groups in total. The lowest BCUT2D eigenvalue weighted by molar-refractivity contribution is -0.134. The maximum absolute atomic E-state index is 12.5. The van der Waals surface area contributed by atoms with Crippen LogP contribution in [0.2, 0.25) is 0 Å². The van der Waals surface area contributed by atoms with Gasteiger partial charge >= 0.3 is 0 Å². The first kappa shape index (κ1) is 18.8. The first-order valence-electron chi connectivity index (χ1n) is 8.53. The molecule has 0 aliphatic carbocycles. The quantitative estimate of drug-likeness (QED) is 0.754. The van der Waals surface area contributed by atoms with Gasteiger partial charge < -0.3 is 15.3 Å². The first-order chi connectivity index (χ1) is 12.1. The molecule has 2 amide bonds. The van der Waals surface area contributed by atoms with Crippen molar-refractivity contribution in [2.45, 2.75) is 32.7 Å². The van der Waals surface area contributed by atoms with Gasteiger partial charge in [-0.2, -0.15) is 0 Å². The third-order valence-corrected chi connectivity index (χ3v) is 3.77. The zero-order chi connectivity index (χ0) is 18.2. The molecule has 1 atom stereocenters. The van der Waals surface area contributed by atoms with Gasteiger partial charge in [0.25, 0.3) is 5.91 Å². The number of nitrogens with one attached hydrogen (secondary N) is 1. The number of fused-ring (bicyclic) bond motifs is 1. The van der Waals surface area contributed by atoms with Crippen molar-refractivity contribution in [2.75, 3.05) is 19.7 Å². The molecule has 0 aliphatic heterocycles. The molecule has 134 valence electrons. The van der Waals surface area contributed by atoms with E-state index in [1.54, 1.807) is 17.0 Å². The topological polar surface area (TPSA) is 95.4 Å². The standard InChI is InChI=1S/C18H24N4O3/c1-3-9-22(10-4-2)18(25)16(12-23)21-17(24)15-11-19-13-7-5-6-8-14(13)20-15/h5-8,11,16,23H,3-4,9-10,12H2,1-2H3,(H,21,24)/t16-/m0/s1. The highest BCUT2D eigenvalue weighted by atomic mass is 16.3. The number of carbonyl (C=O) groups is 2. The van der Waals surface area contributed by atoms with Crippen LogP contribution < -0.4 is 5.32 Å². The SMILES string of the molecule is CCCN(CCC)C(=O)[C@H](CO)NC(=O)c1cnc2ccccc2n1. The van der Waals surface area contributed by atoms with E-state index in [-0.39, 0.29) is 11.6 Å². The minimum atomic E-state index is -0.987. The van der Waals surface area contributed by atoms with Crippen molar-refractivity contribution in [3.8, 4) is 0 Å². The number of benzene rings is 1. The number of aromatic nitrogens is 2. The number of hydrogen-bond acceptors (Lipinski definition) is 5. The van der Waals surface area contributed by atoms with Gasteiger partial charge in [0.1, 0.15) is 11.7 Å². The molecule has 0 saturated carbocycles. The Morgan fingerprint density at radius 2 is 1.80 bits per heavy atom. The molecule has 25 heavy (non-hydrogen) atoms. The minimum Gasteiger partial charge on any atom is -0.394 e. The monoisotopic (exact) mass is 344 g/mol. The Hall–Kier alpha value is -2.54. The second-order valence-electron chi connectivity index (χ2n) is 5.78. The van der Waals surface area contributed by atoms with Gasteiger partial charge in [-0.25, -0.2) is 4.98 Å². The van der Waals surface area contributed by atoms with Crippen LogP contribution in [0.1, 0.15) is 37.2 Å². The van der Waals surface area contributed by atoms with Crippen LogP contribution in [0.3, 0.4) is 0 Å². The summed E-state index contributed by atoms with van der Waals surface area (Å²) in [7, 11) is 0. The Morgan fingerprint density at radius 1 is 1.16 bits per heavy atom. The number of amides is 2. The summed E-state index contributed by atoms with van der Waals surface area (Å²) in [4.78, 5) is 35.1. The first-order valence-corrected chi connectivity index (χ1v) is 8.53. The second-order valence-corrected chi connectivity index (χ2v) is 5.78. The Labute approximate surface area is 147 Å². The lowest BCUT2D eigenvalue weighted by Crippen LogP contribution is -2.51. The lowest BCUT2D eigenvalue weighted by Gasteiger charge is -2.26. The molecular formula is C18H24N4O3. The number of rotatable bonds is 8. The van der Waals surface area contributed by atoms with Gasteiger partial charge in [0.15, 0.2) is 0 Å². The molecule has 0 radical (unpaired) electrons. The van der Waals surface area contributed by atoms with Crippen molar-refractivity contribution in [2.24, 2.45) is 0 Å². The van der Waals surface area contributed by atoms with Crippen LogP contribution >= 0.6 is 0 Å². The molecule has 2 aromatic rings. The highest BCUT2D eigenvalue weighted by Gasteiger charge is 2.25. The average molecular weight is 344 g/mol. The maximum atomic E-state index is 12.5. The van der Waals surface area contributed by atoms with Crippen LogP contribution in [0.25, 0.3) is 11.0 Å². The number of carbonyl (C=O) groups excluding carboxylic acids is 2. The Morgan fingerprint density at radius 3 is 2.40 bits per heavy atom. The zero-order valence-electron chi connectivity index (χ0n) is 14.6. The molecule has 0 spiro atoms. The predicted octanol–water partition coefficient (Wildman–Crippen LogP) is 1.37. The van der Waals surface area contributed by atoms with Gasteiger partial charge in [-0.3, -0.25) is 14.6 Å². The normalized spacial score (nSPS) is 12.0. The van der Waals surface area contributed by atoms with Crippen LogP contribution in [0, 0.1) is 0 Å². The largest absolute Gasteiger partial charge is 0.394 e. The van der Waals surface area contributed by atoms with E-state index in [0.29, 0.717) is 24.1 Å². The van der Waals surface area contributed by atoms with Gasteiger partial charge in [-0.15, -0.1) is 0 Å². The number of nitrogens with zero attached hydrogens (tertiary/aromatic N) is 3. The summed E-state index contributed by atoms with van der Waals surface area (Å²) < 4.78 is 0. The fraction of sp³-hybridized carbons (Fsp3) is 0.444. The van der Waals surface area contributed by atoms with Crippen molar-refractivity contribution in [3.63, 3.8) is 0 Å². The molecule has 1 heterocycles. The molecule has 0 aliphatic rings. The summed E-state index contributed by atoms with van der Waals surface area (Å²) in [6, 6.07) is 6.23. The van der Waals surface area contributed by atoms with Gasteiger partial charge in [-0.1, -0.05) is 26.0 Å². The lowest BCUT2D eigenvalue weighted by atomic mass is 10.2. The van der Waals surface area contributed by atoms with E-state index in [9.17, 15) is 14.7 Å². The average Bonchev–Trinajstić information content (AvgIpc) is 2.64. The molecule has 2 rings (SSSR count). The van der Waals surface area contributed by atoms with Crippen molar-refractivity contribution in [3.05, 3.63) is 36.2 Å². The Bertz CT molecular complexity index is 729. The number of aliphatic hydroxyl groups is 1. The van der Waals surface area contributed by atoms with Crippen LogP contribution in [-0.2, 0) is 4.79 Å². The van der Waals surface area contributed by atoms with Crippen molar-refractivity contribution < 1.29 is 14.7 Å². The van der Waals surface area contributed by atoms with Crippen LogP contribution in [0.5, 0.6) is 0 Å². The van der Waals surface area contributed by atoms with Crippen molar-refractivity contribution in [1.29, 1.82) is 0 Å². The third kappa shape index (κ3) is 4.73. The van der Waals surface area contributed by atoms with Crippen LogP contribution in [0.15, 0.2) is 30.5 Å². The molecular weight excluding hydrogens is 320 g/mol. The van der Waals surface area contributed by atoms with Crippen molar-refractivity contribution >= 4 is 22.8 Å². The molecule has 0 fully saturated rings.